The summed E-state index contributed by atoms with van der Waals surface area (Å²) in [5, 5.41) is 0. The number of hydrogen-bond acceptors (Lipinski definition) is 7. The van der Waals surface area contributed by atoms with E-state index in [-0.39, 0.29) is 5.97 Å². The van der Waals surface area contributed by atoms with E-state index in [4.69, 9.17) is 28.4 Å². The van der Waals surface area contributed by atoms with Gasteiger partial charge in [-0.05, 0) is 37.8 Å². The van der Waals surface area contributed by atoms with Crippen LogP contribution in [0.5, 0.6) is 28.7 Å². The summed E-state index contributed by atoms with van der Waals surface area (Å²) in [6, 6.07) is 9.72. The first-order chi connectivity index (χ1) is 19.5. The largest absolute Gasteiger partial charge is 0.493 e. The van der Waals surface area contributed by atoms with Crippen LogP contribution < -0.4 is 23.7 Å². The van der Waals surface area contributed by atoms with Gasteiger partial charge in [-0.3, -0.25) is 4.79 Å². The number of rotatable bonds is 18. The molecule has 1 heterocycles. The molecule has 0 saturated heterocycles. The number of fused-ring (bicyclic) bond motifs is 1. The van der Waals surface area contributed by atoms with Crippen molar-refractivity contribution in [2.24, 2.45) is 0 Å². The number of carbonyl (C=O) groups is 1. The summed E-state index contributed by atoms with van der Waals surface area (Å²) in [5.74, 6) is 3.16. The Morgan fingerprint density at radius 2 is 1.32 bits per heavy atom. The van der Waals surface area contributed by atoms with Crippen molar-refractivity contribution in [3.63, 3.8) is 0 Å². The summed E-state index contributed by atoms with van der Waals surface area (Å²) in [6.45, 7) is 12.4. The minimum atomic E-state index is -0.527. The lowest BCUT2D eigenvalue weighted by Gasteiger charge is -2.34. The molecule has 0 spiro atoms. The van der Waals surface area contributed by atoms with Crippen molar-refractivity contribution < 1.29 is 33.2 Å². The van der Waals surface area contributed by atoms with Gasteiger partial charge in [0.25, 0.3) is 0 Å². The summed E-state index contributed by atoms with van der Waals surface area (Å²) in [4.78, 5) is 12.2. The van der Waals surface area contributed by atoms with E-state index in [1.54, 1.807) is 0 Å². The summed E-state index contributed by atoms with van der Waals surface area (Å²) < 4.78 is 36.9. The van der Waals surface area contributed by atoms with Crippen LogP contribution >= 0.6 is 0 Å². The predicted molar refractivity (Wildman–Crippen MR) is 157 cm³/mol. The molecule has 0 N–H and O–H groups in total. The molecule has 0 radical (unpaired) electrons. The first kappa shape index (κ1) is 31.4. The van der Waals surface area contributed by atoms with Gasteiger partial charge in [0.05, 0.1) is 26.4 Å². The topological polar surface area (TPSA) is 72.5 Å². The van der Waals surface area contributed by atoms with Crippen LogP contribution in [0.2, 0.25) is 0 Å². The molecule has 1 aliphatic rings. The number of esters is 1. The lowest BCUT2D eigenvalue weighted by atomic mass is 9.93. The van der Waals surface area contributed by atoms with Crippen LogP contribution in [0.1, 0.15) is 103 Å². The maximum Gasteiger partial charge on any atom is 0.303 e. The molecular weight excluding hydrogens is 508 g/mol. The van der Waals surface area contributed by atoms with Gasteiger partial charge in [-0.1, -0.05) is 59.4 Å². The monoisotopic (exact) mass is 556 g/mol. The van der Waals surface area contributed by atoms with E-state index in [1.807, 2.05) is 30.3 Å². The standard InChI is InChI=1S/C33H48O7/c1-6-10-16-35-26-21-29(37-18-12-8-3)27-23-32(39-24(5)34)33(40-30(27)22-26)25-14-15-28(36-17-11-7-2)31(20-25)38-19-13-9-4/h14-15,20-22,32-33H,6-13,16-19,23H2,1-5H3/t32-,33-/m1/s1. The van der Waals surface area contributed by atoms with Gasteiger partial charge in [-0.15, -0.1) is 0 Å². The van der Waals surface area contributed by atoms with Crippen LogP contribution in [-0.4, -0.2) is 38.5 Å². The highest BCUT2D eigenvalue weighted by Crippen LogP contribution is 2.45. The molecule has 1 aliphatic heterocycles. The van der Waals surface area contributed by atoms with E-state index >= 15 is 0 Å². The van der Waals surface area contributed by atoms with Gasteiger partial charge >= 0.3 is 5.97 Å². The molecule has 7 heteroatoms. The Labute approximate surface area is 240 Å². The third-order valence-electron chi connectivity index (χ3n) is 6.79. The summed E-state index contributed by atoms with van der Waals surface area (Å²) >= 11 is 0. The zero-order valence-electron chi connectivity index (χ0n) is 25.1. The van der Waals surface area contributed by atoms with Crippen molar-refractivity contribution in [2.75, 3.05) is 26.4 Å². The van der Waals surface area contributed by atoms with Crippen molar-refractivity contribution in [1.82, 2.24) is 0 Å². The molecule has 0 unspecified atom stereocenters. The molecule has 40 heavy (non-hydrogen) atoms. The summed E-state index contributed by atoms with van der Waals surface area (Å²) in [6.07, 6.45) is 7.42. The summed E-state index contributed by atoms with van der Waals surface area (Å²) in [5.41, 5.74) is 1.75. The minimum absolute atomic E-state index is 0.353. The lowest BCUT2D eigenvalue weighted by molar-refractivity contribution is -0.152. The third kappa shape index (κ3) is 9.24. The fourth-order valence-corrected chi connectivity index (χ4v) is 4.48. The maximum absolute atomic E-state index is 12.2. The molecule has 3 rings (SSSR count). The fourth-order valence-electron chi connectivity index (χ4n) is 4.48. The highest BCUT2D eigenvalue weighted by Gasteiger charge is 2.36. The van der Waals surface area contributed by atoms with Crippen molar-refractivity contribution in [3.8, 4) is 28.7 Å². The highest BCUT2D eigenvalue weighted by atomic mass is 16.6. The van der Waals surface area contributed by atoms with Gasteiger partial charge in [0.1, 0.15) is 23.4 Å². The number of benzene rings is 2. The minimum Gasteiger partial charge on any atom is -0.493 e. The van der Waals surface area contributed by atoms with Gasteiger partial charge in [0.15, 0.2) is 17.6 Å². The van der Waals surface area contributed by atoms with E-state index < -0.39 is 12.2 Å². The second kappa shape index (κ2) is 16.9. The second-order valence-electron chi connectivity index (χ2n) is 10.3. The average Bonchev–Trinajstić information content (AvgIpc) is 2.94. The number of hydrogen-bond donors (Lipinski definition) is 0. The van der Waals surface area contributed by atoms with Crippen LogP contribution in [0.25, 0.3) is 0 Å². The number of ether oxygens (including phenoxy) is 6. The third-order valence-corrected chi connectivity index (χ3v) is 6.79. The Bertz CT molecular complexity index is 1050. The van der Waals surface area contributed by atoms with Crippen molar-refractivity contribution >= 4 is 5.97 Å². The number of carbonyl (C=O) groups excluding carboxylic acids is 1. The molecule has 0 fully saturated rings. The Kier molecular flexibility index (Phi) is 13.3. The van der Waals surface area contributed by atoms with Gasteiger partial charge in [-0.25, -0.2) is 0 Å². The molecule has 0 amide bonds. The zero-order valence-corrected chi connectivity index (χ0v) is 25.1. The SMILES string of the molecule is CCCCOc1cc(OCCCC)c2c(c1)O[C@H](c1ccc(OCCCC)c(OCCCC)c1)[C@H](OC(C)=O)C2. The van der Waals surface area contributed by atoms with Crippen LogP contribution in [0.3, 0.4) is 0 Å². The normalized spacial score (nSPS) is 16.0. The van der Waals surface area contributed by atoms with Gasteiger partial charge < -0.3 is 28.4 Å². The van der Waals surface area contributed by atoms with Crippen molar-refractivity contribution in [2.45, 2.75) is 105 Å². The molecule has 2 atom stereocenters. The van der Waals surface area contributed by atoms with Crippen molar-refractivity contribution in [3.05, 3.63) is 41.5 Å². The molecule has 0 bridgehead atoms. The molecule has 0 aliphatic carbocycles. The van der Waals surface area contributed by atoms with E-state index in [0.29, 0.717) is 55.8 Å². The Hall–Kier alpha value is -3.09. The zero-order chi connectivity index (χ0) is 28.7. The summed E-state index contributed by atoms with van der Waals surface area (Å²) in [7, 11) is 0. The molecule has 2 aromatic rings. The van der Waals surface area contributed by atoms with Gasteiger partial charge in [0, 0.05) is 36.6 Å². The average molecular weight is 557 g/mol. The Balaban J connectivity index is 1.97. The van der Waals surface area contributed by atoms with E-state index in [0.717, 1.165) is 68.2 Å². The first-order valence-corrected chi connectivity index (χ1v) is 15.2. The molecular formula is C33H48O7. The predicted octanol–water partition coefficient (Wildman–Crippen LogP) is 8.01. The molecule has 0 aromatic heterocycles. The van der Waals surface area contributed by atoms with E-state index in [9.17, 15) is 4.79 Å². The van der Waals surface area contributed by atoms with E-state index in [2.05, 4.69) is 27.7 Å². The van der Waals surface area contributed by atoms with E-state index in [1.165, 1.54) is 6.92 Å². The molecule has 222 valence electrons. The van der Waals surface area contributed by atoms with Crippen LogP contribution in [0, 0.1) is 0 Å². The Morgan fingerprint density at radius 1 is 0.750 bits per heavy atom. The quantitative estimate of drug-likeness (QED) is 0.136. The lowest BCUT2D eigenvalue weighted by Crippen LogP contribution is -2.34. The molecule has 7 nitrogen and oxygen atoms in total. The van der Waals surface area contributed by atoms with Gasteiger partial charge in [-0.2, -0.15) is 0 Å². The molecule has 2 aromatic carbocycles. The molecule has 0 saturated carbocycles. The second-order valence-corrected chi connectivity index (χ2v) is 10.3. The Morgan fingerprint density at radius 3 is 1.93 bits per heavy atom. The van der Waals surface area contributed by atoms with Crippen LogP contribution in [-0.2, 0) is 16.0 Å². The maximum atomic E-state index is 12.2. The van der Waals surface area contributed by atoms with Gasteiger partial charge in [0.2, 0.25) is 0 Å². The highest BCUT2D eigenvalue weighted by molar-refractivity contribution is 5.66. The number of unbranched alkanes of at least 4 members (excludes halogenated alkanes) is 4. The van der Waals surface area contributed by atoms with Crippen molar-refractivity contribution in [1.29, 1.82) is 0 Å². The smallest absolute Gasteiger partial charge is 0.303 e. The van der Waals surface area contributed by atoms with Crippen LogP contribution in [0.4, 0.5) is 0 Å². The van der Waals surface area contributed by atoms with Crippen LogP contribution in [0.15, 0.2) is 30.3 Å². The first-order valence-electron chi connectivity index (χ1n) is 15.2. The fraction of sp³-hybridized carbons (Fsp3) is 0.606.